The largest absolute Gasteiger partial charge is 0.397 e. The molecule has 1 saturated carbocycles. The van der Waals surface area contributed by atoms with Gasteiger partial charge in [-0.2, -0.15) is 0 Å². The molecule has 1 atom stereocenters. The van der Waals surface area contributed by atoms with E-state index in [1.165, 1.54) is 6.42 Å². The van der Waals surface area contributed by atoms with Gasteiger partial charge in [-0.3, -0.25) is 0 Å². The van der Waals surface area contributed by atoms with Crippen molar-refractivity contribution < 1.29 is 8.85 Å². The average Bonchev–Trinajstić information content (AvgIpc) is 2.19. The molecule has 1 fully saturated rings. The molecule has 4 heteroatoms. The molecule has 1 aliphatic rings. The maximum absolute atomic E-state index is 6.59. The van der Waals surface area contributed by atoms with Gasteiger partial charge in [-0.1, -0.05) is 62.3 Å². The van der Waals surface area contributed by atoms with Gasteiger partial charge < -0.3 is 8.85 Å². The van der Waals surface area contributed by atoms with Crippen LogP contribution in [-0.2, 0) is 8.85 Å². The van der Waals surface area contributed by atoms with Crippen molar-refractivity contribution >= 4 is 19.5 Å². The Morgan fingerprint density at radius 3 is 1.62 bits per heavy atom. The van der Waals surface area contributed by atoms with Gasteiger partial charge in [0.2, 0.25) is 0 Å². The van der Waals surface area contributed by atoms with E-state index < -0.39 is 19.5 Å². The lowest BCUT2D eigenvalue weighted by Gasteiger charge is -2.49. The predicted octanol–water partition coefficient (Wildman–Crippen LogP) is 4.17. The lowest BCUT2D eigenvalue weighted by atomic mass is 9.70. The minimum atomic E-state index is -0.590. The highest BCUT2D eigenvalue weighted by atomic mass is 28.2. The highest BCUT2D eigenvalue weighted by Crippen LogP contribution is 2.47. The first-order valence-electron chi connectivity index (χ1n) is 8.50. The molecule has 0 radical (unpaired) electrons. The number of hydrogen-bond donors (Lipinski definition) is 0. The normalized spacial score (nSPS) is 31.6. The second-order valence-electron chi connectivity index (χ2n) is 10.5. The topological polar surface area (TPSA) is 18.5 Å². The Kier molecular flexibility index (Phi) is 5.97. The zero-order valence-corrected chi connectivity index (χ0v) is 18.8. The molecule has 0 bridgehead atoms. The highest BCUT2D eigenvalue weighted by molar-refractivity contribution is 6.33. The standard InChI is InChI=1S/C17H38O2Si2/c1-13-10-16(8,9)12-17(11-13,18-20-14(2,3)4)19-21-15(5,6)7/h13H,10-12,20-21H2,1-9H3. The fraction of sp³-hybridized carbons (Fsp3) is 1.00. The first-order chi connectivity index (χ1) is 9.22. The summed E-state index contributed by atoms with van der Waals surface area (Å²) >= 11 is 0. The van der Waals surface area contributed by atoms with E-state index in [4.69, 9.17) is 8.85 Å². The van der Waals surface area contributed by atoms with E-state index in [9.17, 15) is 0 Å². The quantitative estimate of drug-likeness (QED) is 0.569. The zero-order valence-electron chi connectivity index (χ0n) is 15.9. The number of rotatable bonds is 4. The van der Waals surface area contributed by atoms with E-state index in [2.05, 4.69) is 62.3 Å². The summed E-state index contributed by atoms with van der Waals surface area (Å²) in [7, 11) is -1.18. The van der Waals surface area contributed by atoms with Gasteiger partial charge in [0.15, 0.2) is 19.5 Å². The average molecular weight is 331 g/mol. The van der Waals surface area contributed by atoms with Gasteiger partial charge in [-0.25, -0.2) is 0 Å². The zero-order chi connectivity index (χ0) is 16.5. The molecule has 1 aliphatic carbocycles. The lowest BCUT2D eigenvalue weighted by molar-refractivity contribution is -0.176. The summed E-state index contributed by atoms with van der Waals surface area (Å²) in [5.74, 6) is 0.414. The van der Waals surface area contributed by atoms with Crippen LogP contribution < -0.4 is 0 Å². The summed E-state index contributed by atoms with van der Waals surface area (Å²) in [6.07, 6.45) is 3.44. The van der Waals surface area contributed by atoms with Crippen molar-refractivity contribution in [3.8, 4) is 0 Å². The second-order valence-corrected chi connectivity index (χ2v) is 15.9. The van der Waals surface area contributed by atoms with Gasteiger partial charge in [0, 0.05) is 12.8 Å². The molecule has 0 saturated heterocycles. The lowest BCUT2D eigenvalue weighted by Crippen LogP contribution is -2.49. The predicted molar refractivity (Wildman–Crippen MR) is 98.2 cm³/mol. The van der Waals surface area contributed by atoms with Crippen LogP contribution >= 0.6 is 0 Å². The molecule has 0 N–H and O–H groups in total. The Labute approximate surface area is 137 Å². The van der Waals surface area contributed by atoms with E-state index >= 15 is 0 Å². The molecule has 0 heterocycles. The molecule has 1 rings (SSSR count). The molecule has 0 amide bonds. The van der Waals surface area contributed by atoms with Gasteiger partial charge in [-0.05, 0) is 27.8 Å². The van der Waals surface area contributed by atoms with Crippen molar-refractivity contribution in [2.45, 2.75) is 97.4 Å². The van der Waals surface area contributed by atoms with Gasteiger partial charge in [0.05, 0.1) is 0 Å². The van der Waals surface area contributed by atoms with Crippen molar-refractivity contribution in [2.75, 3.05) is 0 Å². The summed E-state index contributed by atoms with van der Waals surface area (Å²) in [4.78, 5) is 0. The summed E-state index contributed by atoms with van der Waals surface area (Å²) in [6.45, 7) is 20.9. The van der Waals surface area contributed by atoms with Crippen LogP contribution in [0.15, 0.2) is 0 Å². The van der Waals surface area contributed by atoms with Crippen LogP contribution in [0, 0.1) is 11.3 Å². The van der Waals surface area contributed by atoms with Crippen LogP contribution in [0.5, 0.6) is 0 Å². The van der Waals surface area contributed by atoms with Crippen LogP contribution in [0.1, 0.15) is 81.6 Å². The van der Waals surface area contributed by atoms with Gasteiger partial charge in [-0.15, -0.1) is 0 Å². The SMILES string of the molecule is CC1CC(C)(C)CC(O[SiH2]C(C)(C)C)(O[SiH2]C(C)(C)C)C1. The third kappa shape index (κ3) is 7.44. The first-order valence-corrected chi connectivity index (χ1v) is 11.1. The maximum atomic E-state index is 6.59. The van der Waals surface area contributed by atoms with Crippen molar-refractivity contribution in [2.24, 2.45) is 11.3 Å². The third-order valence-corrected chi connectivity index (χ3v) is 6.92. The minimum Gasteiger partial charge on any atom is -0.397 e. The van der Waals surface area contributed by atoms with Crippen LogP contribution in [0.4, 0.5) is 0 Å². The molecule has 0 aromatic rings. The Bertz CT molecular complexity index is 322. The van der Waals surface area contributed by atoms with Gasteiger partial charge in [0.25, 0.3) is 0 Å². The fourth-order valence-corrected chi connectivity index (χ4v) is 5.54. The Hall–Kier alpha value is 0.354. The first kappa shape index (κ1) is 19.4. The van der Waals surface area contributed by atoms with Crippen molar-refractivity contribution in [3.05, 3.63) is 0 Å². The Balaban J connectivity index is 2.87. The Morgan fingerprint density at radius 2 is 1.29 bits per heavy atom. The van der Waals surface area contributed by atoms with Crippen molar-refractivity contribution in [1.82, 2.24) is 0 Å². The Morgan fingerprint density at radius 1 is 0.857 bits per heavy atom. The molecule has 0 aliphatic heterocycles. The summed E-state index contributed by atoms with van der Waals surface area (Å²) in [6, 6.07) is 0. The smallest absolute Gasteiger partial charge is 0.170 e. The van der Waals surface area contributed by atoms with Gasteiger partial charge in [0.1, 0.15) is 5.79 Å². The molecule has 2 nitrogen and oxygen atoms in total. The molecule has 0 aromatic carbocycles. The summed E-state index contributed by atoms with van der Waals surface area (Å²) in [5, 5.41) is 0.648. The molecular formula is C17H38O2Si2. The van der Waals surface area contributed by atoms with E-state index in [-0.39, 0.29) is 5.79 Å². The maximum Gasteiger partial charge on any atom is 0.170 e. The van der Waals surface area contributed by atoms with E-state index in [1.54, 1.807) is 0 Å². The fourth-order valence-electron chi connectivity index (χ4n) is 3.38. The van der Waals surface area contributed by atoms with Gasteiger partial charge >= 0.3 is 0 Å². The minimum absolute atomic E-state index is 0.278. The van der Waals surface area contributed by atoms with Crippen LogP contribution in [0.25, 0.3) is 0 Å². The monoisotopic (exact) mass is 330 g/mol. The summed E-state index contributed by atoms with van der Waals surface area (Å²) < 4.78 is 13.2. The molecule has 0 aromatic heterocycles. The van der Waals surface area contributed by atoms with Crippen LogP contribution in [0.3, 0.4) is 0 Å². The van der Waals surface area contributed by atoms with Crippen molar-refractivity contribution in [1.29, 1.82) is 0 Å². The van der Waals surface area contributed by atoms with E-state index in [1.807, 2.05) is 0 Å². The number of hydrogen-bond acceptors (Lipinski definition) is 2. The second kappa shape index (κ2) is 6.46. The van der Waals surface area contributed by atoms with Crippen molar-refractivity contribution in [3.63, 3.8) is 0 Å². The molecular weight excluding hydrogens is 292 g/mol. The molecule has 1 unspecified atom stereocenters. The highest BCUT2D eigenvalue weighted by Gasteiger charge is 2.45. The van der Waals surface area contributed by atoms with E-state index in [0.717, 1.165) is 12.8 Å². The van der Waals surface area contributed by atoms with E-state index in [0.29, 0.717) is 21.4 Å². The van der Waals surface area contributed by atoms with Crippen LogP contribution in [-0.4, -0.2) is 25.3 Å². The summed E-state index contributed by atoms with van der Waals surface area (Å²) in [5.41, 5.74) is 0.330. The molecule has 21 heavy (non-hydrogen) atoms. The molecule has 0 spiro atoms. The third-order valence-electron chi connectivity index (χ3n) is 3.84. The van der Waals surface area contributed by atoms with Crippen LogP contribution in [0.2, 0.25) is 10.1 Å². The molecule has 126 valence electrons.